The molecular weight excluding hydrogens is 240 g/mol. The third kappa shape index (κ3) is 3.07. The molecule has 2 aliphatic rings. The highest BCUT2D eigenvalue weighted by atomic mass is 16.5. The van der Waals surface area contributed by atoms with Crippen molar-refractivity contribution >= 4 is 11.8 Å². The van der Waals surface area contributed by atoms with Crippen molar-refractivity contribution in [2.75, 3.05) is 6.61 Å². The smallest absolute Gasteiger partial charge is 0.333 e. The van der Waals surface area contributed by atoms with Gasteiger partial charge in [0.05, 0.1) is 6.61 Å². The van der Waals surface area contributed by atoms with Crippen LogP contribution in [-0.4, -0.2) is 18.4 Å². The Labute approximate surface area is 115 Å². The first-order valence-corrected chi connectivity index (χ1v) is 7.58. The van der Waals surface area contributed by atoms with E-state index in [0.717, 1.165) is 37.7 Å². The highest BCUT2D eigenvalue weighted by Crippen LogP contribution is 2.44. The molecule has 3 nitrogen and oxygen atoms in total. The largest absolute Gasteiger partial charge is 0.463 e. The summed E-state index contributed by atoms with van der Waals surface area (Å²) in [6, 6.07) is 0. The lowest BCUT2D eigenvalue weighted by Crippen LogP contribution is -2.29. The van der Waals surface area contributed by atoms with E-state index in [9.17, 15) is 9.59 Å². The first kappa shape index (κ1) is 14.3. The number of hydrogen-bond acceptors (Lipinski definition) is 3. The van der Waals surface area contributed by atoms with Crippen molar-refractivity contribution in [2.24, 2.45) is 17.8 Å². The third-order valence-electron chi connectivity index (χ3n) is 4.41. The van der Waals surface area contributed by atoms with Crippen molar-refractivity contribution in [3.8, 4) is 0 Å². The quantitative estimate of drug-likeness (QED) is 0.716. The molecular formula is C16H24O3. The lowest BCUT2D eigenvalue weighted by molar-refractivity contribution is -0.139. The van der Waals surface area contributed by atoms with E-state index in [0.29, 0.717) is 24.7 Å². The molecule has 0 aromatic carbocycles. The van der Waals surface area contributed by atoms with Crippen LogP contribution in [0.4, 0.5) is 0 Å². The normalized spacial score (nSPS) is 29.9. The van der Waals surface area contributed by atoms with Gasteiger partial charge < -0.3 is 4.74 Å². The predicted octanol–water partition coefficient (Wildman–Crippen LogP) is 3.28. The van der Waals surface area contributed by atoms with Gasteiger partial charge in [-0.05, 0) is 32.1 Å². The first-order valence-electron chi connectivity index (χ1n) is 7.58. The summed E-state index contributed by atoms with van der Waals surface area (Å²) in [5.41, 5.74) is 0.782. The number of rotatable bonds is 5. The number of fused-ring (bicyclic) bond motifs is 1. The van der Waals surface area contributed by atoms with Crippen LogP contribution in [0.5, 0.6) is 0 Å². The predicted molar refractivity (Wildman–Crippen MR) is 73.6 cm³/mol. The van der Waals surface area contributed by atoms with Gasteiger partial charge in [-0.3, -0.25) is 4.79 Å². The van der Waals surface area contributed by atoms with Crippen LogP contribution in [0.15, 0.2) is 11.6 Å². The highest BCUT2D eigenvalue weighted by Gasteiger charge is 2.43. The monoisotopic (exact) mass is 264 g/mol. The maximum absolute atomic E-state index is 12.1. The first-order chi connectivity index (χ1) is 9.17. The summed E-state index contributed by atoms with van der Waals surface area (Å²) in [6.45, 7) is 4.40. The van der Waals surface area contributed by atoms with Gasteiger partial charge in [-0.1, -0.05) is 25.8 Å². The van der Waals surface area contributed by atoms with Gasteiger partial charge in [-0.2, -0.15) is 0 Å². The molecule has 1 fully saturated rings. The van der Waals surface area contributed by atoms with Crippen LogP contribution >= 0.6 is 0 Å². The van der Waals surface area contributed by atoms with E-state index in [1.165, 1.54) is 0 Å². The molecule has 0 saturated heterocycles. The van der Waals surface area contributed by atoms with E-state index >= 15 is 0 Å². The molecule has 0 amide bonds. The van der Waals surface area contributed by atoms with Gasteiger partial charge in [0.25, 0.3) is 0 Å². The molecule has 1 saturated carbocycles. The number of carbonyl (C=O) groups is 2. The van der Waals surface area contributed by atoms with Crippen molar-refractivity contribution < 1.29 is 14.3 Å². The zero-order valence-corrected chi connectivity index (χ0v) is 12.0. The minimum Gasteiger partial charge on any atom is -0.463 e. The van der Waals surface area contributed by atoms with Crippen LogP contribution in [0.25, 0.3) is 0 Å². The molecule has 0 bridgehead atoms. The van der Waals surface area contributed by atoms with Gasteiger partial charge in [-0.15, -0.1) is 0 Å². The molecule has 106 valence electrons. The van der Waals surface area contributed by atoms with Gasteiger partial charge in [-0.25, -0.2) is 4.79 Å². The van der Waals surface area contributed by atoms with E-state index in [2.05, 4.69) is 13.0 Å². The number of ketones is 1. The summed E-state index contributed by atoms with van der Waals surface area (Å²) >= 11 is 0. The van der Waals surface area contributed by atoms with Crippen LogP contribution in [-0.2, 0) is 14.3 Å². The summed E-state index contributed by atoms with van der Waals surface area (Å²) in [5, 5.41) is 0. The van der Waals surface area contributed by atoms with Crippen LogP contribution in [0.2, 0.25) is 0 Å². The molecule has 0 heterocycles. The van der Waals surface area contributed by atoms with Gasteiger partial charge in [0, 0.05) is 23.8 Å². The summed E-state index contributed by atoms with van der Waals surface area (Å²) in [6.07, 6.45) is 7.89. The fourth-order valence-corrected chi connectivity index (χ4v) is 3.45. The Morgan fingerprint density at radius 2 is 2.16 bits per heavy atom. The highest BCUT2D eigenvalue weighted by molar-refractivity contribution is 5.93. The Bertz CT molecular complexity index is 383. The average molecular weight is 264 g/mol. The molecule has 0 radical (unpaired) electrons. The SMILES string of the molecule is CCCC[C@@H]1C=C(C(=O)OCC)[C@H]2CCC(=O)[C@H]2C1. The molecule has 3 heteroatoms. The molecule has 0 aromatic rings. The minimum absolute atomic E-state index is 0.0752. The van der Waals surface area contributed by atoms with E-state index in [1.54, 1.807) is 0 Å². The van der Waals surface area contributed by atoms with Crippen LogP contribution in [0.3, 0.4) is 0 Å². The number of allylic oxidation sites excluding steroid dienone is 1. The van der Waals surface area contributed by atoms with Crippen LogP contribution < -0.4 is 0 Å². The van der Waals surface area contributed by atoms with Crippen LogP contribution in [0, 0.1) is 17.8 Å². The molecule has 0 aromatic heterocycles. The molecule has 19 heavy (non-hydrogen) atoms. The zero-order valence-electron chi connectivity index (χ0n) is 12.0. The number of Topliss-reactive ketones (excluding diaryl/α,β-unsaturated/α-hetero) is 1. The maximum atomic E-state index is 12.1. The molecule has 0 unspecified atom stereocenters. The number of hydrogen-bond donors (Lipinski definition) is 0. The molecule has 3 atom stereocenters. The number of carbonyl (C=O) groups excluding carboxylic acids is 2. The van der Waals surface area contributed by atoms with Gasteiger partial charge >= 0.3 is 5.97 Å². The number of unbranched alkanes of at least 4 members (excludes halogenated alkanes) is 1. The van der Waals surface area contributed by atoms with Crippen LogP contribution in [0.1, 0.15) is 52.4 Å². The van der Waals surface area contributed by atoms with E-state index < -0.39 is 0 Å². The molecule has 2 rings (SSSR count). The van der Waals surface area contributed by atoms with Gasteiger partial charge in [0.15, 0.2) is 0 Å². The van der Waals surface area contributed by atoms with Crippen molar-refractivity contribution in [1.29, 1.82) is 0 Å². The maximum Gasteiger partial charge on any atom is 0.333 e. The summed E-state index contributed by atoms with van der Waals surface area (Å²) in [7, 11) is 0. The number of esters is 1. The summed E-state index contributed by atoms with van der Waals surface area (Å²) < 4.78 is 5.16. The second kappa shape index (κ2) is 6.36. The van der Waals surface area contributed by atoms with Crippen molar-refractivity contribution in [3.05, 3.63) is 11.6 Å². The second-order valence-corrected chi connectivity index (χ2v) is 5.70. The summed E-state index contributed by atoms with van der Waals surface area (Å²) in [5.74, 6) is 0.730. The average Bonchev–Trinajstić information content (AvgIpc) is 2.78. The fourth-order valence-electron chi connectivity index (χ4n) is 3.45. The van der Waals surface area contributed by atoms with Crippen molar-refractivity contribution in [1.82, 2.24) is 0 Å². The fraction of sp³-hybridized carbons (Fsp3) is 0.750. The Hall–Kier alpha value is -1.12. The van der Waals surface area contributed by atoms with E-state index in [1.807, 2.05) is 6.92 Å². The second-order valence-electron chi connectivity index (χ2n) is 5.70. The molecule has 2 aliphatic carbocycles. The molecule has 0 N–H and O–H groups in total. The molecule has 0 spiro atoms. The van der Waals surface area contributed by atoms with E-state index in [-0.39, 0.29) is 17.8 Å². The Morgan fingerprint density at radius 3 is 2.84 bits per heavy atom. The standard InChI is InChI=1S/C16H24O3/c1-3-5-6-11-9-13-12(7-8-15(13)17)14(10-11)16(18)19-4-2/h10-13H,3-9H2,1-2H3/t11-,12-,13-/m0/s1. The minimum atomic E-state index is -0.201. The zero-order chi connectivity index (χ0) is 13.8. The summed E-state index contributed by atoms with van der Waals surface area (Å²) in [4.78, 5) is 24.0. The lowest BCUT2D eigenvalue weighted by atomic mass is 9.74. The lowest BCUT2D eigenvalue weighted by Gasteiger charge is -2.29. The van der Waals surface area contributed by atoms with E-state index in [4.69, 9.17) is 4.74 Å². The van der Waals surface area contributed by atoms with Crippen molar-refractivity contribution in [3.63, 3.8) is 0 Å². The van der Waals surface area contributed by atoms with Gasteiger partial charge in [0.1, 0.15) is 5.78 Å². The Morgan fingerprint density at radius 1 is 1.37 bits per heavy atom. The Kier molecular flexibility index (Phi) is 4.78. The molecule has 0 aliphatic heterocycles. The Balaban J connectivity index is 2.17. The topological polar surface area (TPSA) is 43.4 Å². The third-order valence-corrected chi connectivity index (χ3v) is 4.41. The van der Waals surface area contributed by atoms with Gasteiger partial charge in [0.2, 0.25) is 0 Å². The van der Waals surface area contributed by atoms with Crippen molar-refractivity contribution in [2.45, 2.75) is 52.4 Å². The number of ether oxygens (including phenoxy) is 1.